The predicted octanol–water partition coefficient (Wildman–Crippen LogP) is 7.39. The van der Waals surface area contributed by atoms with Gasteiger partial charge < -0.3 is 20.4 Å². The molecule has 232 valence electrons. The zero-order valence-corrected chi connectivity index (χ0v) is 28.0. The lowest BCUT2D eigenvalue weighted by Crippen LogP contribution is -2.47. The second kappa shape index (κ2) is 19.2. The van der Waals surface area contributed by atoms with Gasteiger partial charge in [0.1, 0.15) is 5.82 Å². The Kier molecular flexibility index (Phi) is 16.0. The molecule has 1 unspecified atom stereocenters. The minimum Gasteiger partial charge on any atom is -0.385 e. The Labute approximate surface area is 257 Å². The quantitative estimate of drug-likeness (QED) is 0.216. The van der Waals surface area contributed by atoms with Crippen LogP contribution in [0.4, 0.5) is 11.5 Å². The second-order valence-corrected chi connectivity index (χ2v) is 10.6. The average Bonchev–Trinajstić information content (AvgIpc) is 3.04. The molecule has 2 N–H and O–H groups in total. The van der Waals surface area contributed by atoms with Crippen LogP contribution in [0, 0.1) is 0 Å². The molecule has 3 heterocycles. The summed E-state index contributed by atoms with van der Waals surface area (Å²) in [6.45, 7) is 21.6. The number of nitrogens with one attached hydrogen (secondary N) is 2. The molecular formula is C36H58N6. The van der Waals surface area contributed by atoms with E-state index in [1.54, 1.807) is 0 Å². The summed E-state index contributed by atoms with van der Waals surface area (Å²) in [4.78, 5) is 12.1. The number of hydrogen-bond acceptors (Lipinski definition) is 6. The number of aryl methyl sites for hydroxylation is 1. The number of hydrogen-bond donors (Lipinski definition) is 2. The highest BCUT2D eigenvalue weighted by Crippen LogP contribution is 2.35. The zero-order valence-electron chi connectivity index (χ0n) is 28.0. The van der Waals surface area contributed by atoms with Crippen molar-refractivity contribution in [2.75, 3.05) is 70.1 Å². The summed E-state index contributed by atoms with van der Waals surface area (Å²) in [5, 5.41) is 7.49. The first-order valence-corrected chi connectivity index (χ1v) is 16.2. The van der Waals surface area contributed by atoms with Crippen LogP contribution < -0.4 is 15.5 Å². The van der Waals surface area contributed by atoms with Crippen molar-refractivity contribution in [3.05, 3.63) is 83.1 Å². The van der Waals surface area contributed by atoms with E-state index in [-0.39, 0.29) is 6.04 Å². The predicted molar refractivity (Wildman–Crippen MR) is 185 cm³/mol. The molecule has 1 aromatic carbocycles. The van der Waals surface area contributed by atoms with Gasteiger partial charge in [-0.2, -0.15) is 0 Å². The summed E-state index contributed by atoms with van der Waals surface area (Å²) in [6.07, 6.45) is 13.1. The third-order valence-electron chi connectivity index (χ3n) is 7.51. The van der Waals surface area contributed by atoms with Crippen molar-refractivity contribution >= 4 is 17.2 Å². The maximum absolute atomic E-state index is 4.91. The number of anilines is 2. The highest BCUT2D eigenvalue weighted by molar-refractivity contribution is 5.80. The van der Waals surface area contributed by atoms with Crippen LogP contribution in [0.2, 0.25) is 0 Å². The van der Waals surface area contributed by atoms with Crippen molar-refractivity contribution in [3.63, 3.8) is 0 Å². The lowest BCUT2D eigenvalue weighted by molar-refractivity contribution is 0.279. The minimum absolute atomic E-state index is 0.0928. The fourth-order valence-corrected chi connectivity index (χ4v) is 5.20. The van der Waals surface area contributed by atoms with Crippen LogP contribution in [0.15, 0.2) is 66.4 Å². The summed E-state index contributed by atoms with van der Waals surface area (Å²) in [5.41, 5.74) is 7.59. The number of rotatable bonds is 11. The summed E-state index contributed by atoms with van der Waals surface area (Å²) in [6, 6.07) is 11.3. The van der Waals surface area contributed by atoms with Gasteiger partial charge in [-0.05, 0) is 82.2 Å². The van der Waals surface area contributed by atoms with E-state index in [0.717, 1.165) is 64.5 Å². The molecule has 0 radical (unpaired) electrons. The molecule has 6 nitrogen and oxygen atoms in total. The zero-order chi connectivity index (χ0) is 30.9. The van der Waals surface area contributed by atoms with Crippen LogP contribution in [0.3, 0.4) is 0 Å². The molecule has 6 heteroatoms. The van der Waals surface area contributed by atoms with Crippen molar-refractivity contribution in [2.45, 2.75) is 67.3 Å². The average molecular weight is 575 g/mol. The van der Waals surface area contributed by atoms with Gasteiger partial charge in [0.05, 0.1) is 6.04 Å². The number of benzene rings is 1. The van der Waals surface area contributed by atoms with Gasteiger partial charge in [-0.25, -0.2) is 4.98 Å². The largest absolute Gasteiger partial charge is 0.385 e. The molecule has 0 aliphatic carbocycles. The van der Waals surface area contributed by atoms with Crippen LogP contribution in [0.5, 0.6) is 0 Å². The third-order valence-corrected chi connectivity index (χ3v) is 7.51. The summed E-state index contributed by atoms with van der Waals surface area (Å²) in [7, 11) is 4.26. The molecule has 2 aliphatic heterocycles. The Balaban J connectivity index is 0.00000148. The number of pyridine rings is 1. The summed E-state index contributed by atoms with van der Waals surface area (Å²) >= 11 is 0. The Morgan fingerprint density at radius 3 is 2.38 bits per heavy atom. The Hall–Kier alpha value is -3.09. The monoisotopic (exact) mass is 574 g/mol. The van der Waals surface area contributed by atoms with E-state index in [1.165, 1.54) is 33.6 Å². The van der Waals surface area contributed by atoms with Gasteiger partial charge >= 0.3 is 0 Å². The first-order chi connectivity index (χ1) is 20.5. The van der Waals surface area contributed by atoms with Crippen LogP contribution >= 0.6 is 0 Å². The molecule has 2 aromatic rings. The highest BCUT2D eigenvalue weighted by atomic mass is 15.3. The maximum atomic E-state index is 4.91. The van der Waals surface area contributed by atoms with Gasteiger partial charge in [0.15, 0.2) is 0 Å². The van der Waals surface area contributed by atoms with E-state index in [4.69, 9.17) is 4.98 Å². The fourth-order valence-electron chi connectivity index (χ4n) is 5.20. The summed E-state index contributed by atoms with van der Waals surface area (Å²) in [5.74, 6) is 1.07. The summed E-state index contributed by atoms with van der Waals surface area (Å²) < 4.78 is 0. The van der Waals surface area contributed by atoms with Gasteiger partial charge in [0.25, 0.3) is 0 Å². The lowest BCUT2D eigenvalue weighted by Gasteiger charge is -2.35. The molecular weight excluding hydrogens is 516 g/mol. The van der Waals surface area contributed by atoms with Crippen LogP contribution in [0.1, 0.15) is 77.6 Å². The number of fused-ring (bicyclic) bond motifs is 1. The van der Waals surface area contributed by atoms with E-state index in [9.17, 15) is 0 Å². The Morgan fingerprint density at radius 1 is 1.05 bits per heavy atom. The Morgan fingerprint density at radius 2 is 1.79 bits per heavy atom. The first kappa shape index (κ1) is 35.1. The molecule has 2 aliphatic rings. The lowest BCUT2D eigenvalue weighted by atomic mass is 9.96. The van der Waals surface area contributed by atoms with Gasteiger partial charge in [-0.1, -0.05) is 71.0 Å². The highest BCUT2D eigenvalue weighted by Gasteiger charge is 2.22. The normalized spacial score (nSPS) is 17.0. The van der Waals surface area contributed by atoms with E-state index >= 15 is 0 Å². The fraction of sp³-hybridized carbons (Fsp3) is 0.528. The maximum Gasteiger partial charge on any atom is 0.128 e. The number of aromatic nitrogens is 1. The molecule has 1 saturated heterocycles. The van der Waals surface area contributed by atoms with E-state index in [0.29, 0.717) is 0 Å². The molecule has 0 spiro atoms. The van der Waals surface area contributed by atoms with Gasteiger partial charge in [-0.15, -0.1) is 0 Å². The van der Waals surface area contributed by atoms with E-state index in [1.807, 2.05) is 27.7 Å². The second-order valence-electron chi connectivity index (χ2n) is 10.6. The smallest absolute Gasteiger partial charge is 0.128 e. The molecule has 1 atom stereocenters. The first-order valence-electron chi connectivity index (χ1n) is 16.2. The van der Waals surface area contributed by atoms with Crippen molar-refractivity contribution in [1.82, 2.24) is 20.1 Å². The molecule has 4 rings (SSSR count). The van der Waals surface area contributed by atoms with Crippen molar-refractivity contribution < 1.29 is 0 Å². The van der Waals surface area contributed by atoms with Crippen LogP contribution in [0.25, 0.3) is 5.70 Å². The SMILES string of the molecule is C/C=C\C(=C/C)CN1CCN(c2ccc(C3C=C(NCCCN(C)C)c4ccc(CC)cc4N3)cn2)CC1.CC.CC. The molecule has 0 amide bonds. The third kappa shape index (κ3) is 10.3. The molecule has 1 fully saturated rings. The van der Waals surface area contributed by atoms with E-state index in [2.05, 4.69) is 121 Å². The molecule has 0 bridgehead atoms. The van der Waals surface area contributed by atoms with Gasteiger partial charge in [0, 0.05) is 62.4 Å². The Bertz CT molecular complexity index is 1120. The minimum atomic E-state index is 0.0928. The number of piperazine rings is 1. The van der Waals surface area contributed by atoms with Crippen LogP contribution in [-0.4, -0.2) is 74.7 Å². The van der Waals surface area contributed by atoms with Crippen molar-refractivity contribution in [2.24, 2.45) is 0 Å². The van der Waals surface area contributed by atoms with Crippen LogP contribution in [-0.2, 0) is 6.42 Å². The standard InChI is InChI=1S/C32H46N6.2C2H6/c1-6-10-26(8-3)24-37-17-19-38(20-18-37)32-14-12-27(23-34-32)29-22-30(33-15-9-16-36(4)5)28-13-11-25(7-2)21-31(28)35-29;2*1-2/h6,8,10-14,21-23,29,33,35H,7,9,15-20,24H2,1-5H3;2*1-2H3/b10-6-,26-8+;;. The number of nitrogens with zero attached hydrogens (tertiary/aromatic N) is 4. The number of allylic oxidation sites excluding steroid dienone is 2. The molecule has 0 saturated carbocycles. The van der Waals surface area contributed by atoms with Crippen molar-refractivity contribution in [1.29, 1.82) is 0 Å². The molecule has 42 heavy (non-hydrogen) atoms. The van der Waals surface area contributed by atoms with E-state index < -0.39 is 0 Å². The van der Waals surface area contributed by atoms with Gasteiger partial charge in [0.2, 0.25) is 0 Å². The molecule has 1 aromatic heterocycles. The van der Waals surface area contributed by atoms with Gasteiger partial charge in [-0.3, -0.25) is 4.90 Å². The topological polar surface area (TPSA) is 46.7 Å². The van der Waals surface area contributed by atoms with Crippen molar-refractivity contribution in [3.8, 4) is 0 Å².